The molecule has 5 nitrogen and oxygen atoms in total. The first kappa shape index (κ1) is 14.1. The summed E-state index contributed by atoms with van der Waals surface area (Å²) in [4.78, 5) is 0. The van der Waals surface area contributed by atoms with Crippen LogP contribution in [0.4, 0.5) is 5.69 Å². The predicted molar refractivity (Wildman–Crippen MR) is 87.3 cm³/mol. The summed E-state index contributed by atoms with van der Waals surface area (Å²) in [5.41, 5.74) is 8.65. The second-order valence-corrected chi connectivity index (χ2v) is 6.25. The molecule has 21 heavy (non-hydrogen) atoms. The lowest BCUT2D eigenvalue weighted by atomic mass is 10.2. The fourth-order valence-electron chi connectivity index (χ4n) is 1.91. The molecule has 0 radical (unpaired) electrons. The molecule has 0 bridgehead atoms. The van der Waals surface area contributed by atoms with Crippen molar-refractivity contribution in [2.45, 2.75) is 10.9 Å². The zero-order chi connectivity index (χ0) is 14.7. The molecular formula is C14H12BrN5S. The van der Waals surface area contributed by atoms with Crippen LogP contribution in [0.5, 0.6) is 0 Å². The number of hydrogen-bond acceptors (Lipinski definition) is 5. The van der Waals surface area contributed by atoms with Crippen molar-refractivity contribution in [3.05, 3.63) is 58.6 Å². The Morgan fingerprint density at radius 2 is 1.95 bits per heavy atom. The first-order chi connectivity index (χ1) is 10.2. The first-order valence-electron chi connectivity index (χ1n) is 6.24. The lowest BCUT2D eigenvalue weighted by Gasteiger charge is -2.05. The Bertz CT molecular complexity index is 724. The minimum Gasteiger partial charge on any atom is -0.399 e. The van der Waals surface area contributed by atoms with Crippen LogP contribution in [0, 0.1) is 0 Å². The summed E-state index contributed by atoms with van der Waals surface area (Å²) in [6.45, 7) is 0. The summed E-state index contributed by atoms with van der Waals surface area (Å²) in [5, 5.41) is 12.6. The Hall–Kier alpha value is -1.86. The normalized spacial score (nSPS) is 10.7. The second-order valence-electron chi connectivity index (χ2n) is 4.39. The van der Waals surface area contributed by atoms with Crippen molar-refractivity contribution in [3.63, 3.8) is 0 Å². The third-order valence-electron chi connectivity index (χ3n) is 2.79. The molecule has 0 atom stereocenters. The molecule has 3 aromatic rings. The molecule has 2 aromatic carbocycles. The molecule has 0 aliphatic rings. The highest BCUT2D eigenvalue weighted by Gasteiger charge is 2.09. The average Bonchev–Trinajstić information content (AvgIpc) is 2.93. The number of aromatic nitrogens is 4. The van der Waals surface area contributed by atoms with Crippen molar-refractivity contribution >= 4 is 33.4 Å². The van der Waals surface area contributed by atoms with Gasteiger partial charge in [-0.3, -0.25) is 0 Å². The van der Waals surface area contributed by atoms with E-state index in [1.54, 1.807) is 16.4 Å². The minimum absolute atomic E-state index is 0.739. The van der Waals surface area contributed by atoms with E-state index in [-0.39, 0.29) is 0 Å². The fraction of sp³-hybridized carbons (Fsp3) is 0.0714. The number of nitrogens with zero attached hydrogens (tertiary/aromatic N) is 4. The van der Waals surface area contributed by atoms with Crippen molar-refractivity contribution < 1.29 is 0 Å². The smallest absolute Gasteiger partial charge is 0.214 e. The van der Waals surface area contributed by atoms with Gasteiger partial charge in [0.25, 0.3) is 0 Å². The van der Waals surface area contributed by atoms with Crippen LogP contribution >= 0.6 is 27.7 Å². The molecule has 3 rings (SSSR count). The molecule has 0 saturated heterocycles. The van der Waals surface area contributed by atoms with Crippen molar-refractivity contribution in [2.24, 2.45) is 0 Å². The van der Waals surface area contributed by atoms with Gasteiger partial charge in [0, 0.05) is 15.9 Å². The Morgan fingerprint density at radius 3 is 2.71 bits per heavy atom. The highest BCUT2D eigenvalue weighted by Crippen LogP contribution is 2.25. The minimum atomic E-state index is 0.739. The van der Waals surface area contributed by atoms with Gasteiger partial charge in [-0.1, -0.05) is 45.9 Å². The number of nitrogens with two attached hydrogens (primary N) is 1. The maximum Gasteiger partial charge on any atom is 0.214 e. The Kier molecular flexibility index (Phi) is 4.21. The Labute approximate surface area is 134 Å². The average molecular weight is 362 g/mol. The number of nitrogen functional groups attached to an aromatic ring is 1. The van der Waals surface area contributed by atoms with E-state index in [1.807, 2.05) is 48.5 Å². The van der Waals surface area contributed by atoms with Crippen molar-refractivity contribution in [2.75, 3.05) is 5.73 Å². The standard InChI is InChI=1S/C14H12BrN5S/c15-11-6-10(7-12(16)8-11)9-21-14-17-18-19-20(14)13-4-2-1-3-5-13/h1-8H,9,16H2. The molecule has 0 fully saturated rings. The molecule has 7 heteroatoms. The topological polar surface area (TPSA) is 69.6 Å². The number of halogens is 1. The van der Waals surface area contributed by atoms with Crippen LogP contribution in [-0.2, 0) is 5.75 Å². The molecule has 0 saturated carbocycles. The van der Waals surface area contributed by atoms with E-state index < -0.39 is 0 Å². The maximum atomic E-state index is 5.84. The summed E-state index contributed by atoms with van der Waals surface area (Å²) in [5.74, 6) is 0.747. The summed E-state index contributed by atoms with van der Waals surface area (Å²) in [6, 6.07) is 15.7. The van der Waals surface area contributed by atoms with Crippen LogP contribution in [0.1, 0.15) is 5.56 Å². The van der Waals surface area contributed by atoms with Crippen LogP contribution in [0.25, 0.3) is 5.69 Å². The number of rotatable bonds is 4. The Morgan fingerprint density at radius 1 is 1.14 bits per heavy atom. The largest absolute Gasteiger partial charge is 0.399 e. The van der Waals surface area contributed by atoms with Gasteiger partial charge < -0.3 is 5.73 Å². The number of thioether (sulfide) groups is 1. The van der Waals surface area contributed by atoms with Crippen LogP contribution < -0.4 is 5.73 Å². The quantitative estimate of drug-likeness (QED) is 0.570. The molecule has 0 aliphatic carbocycles. The van der Waals surface area contributed by atoms with Gasteiger partial charge in [-0.05, 0) is 46.3 Å². The summed E-state index contributed by atoms with van der Waals surface area (Å²) < 4.78 is 2.70. The zero-order valence-electron chi connectivity index (χ0n) is 11.0. The summed E-state index contributed by atoms with van der Waals surface area (Å²) in [7, 11) is 0. The van der Waals surface area contributed by atoms with Gasteiger partial charge in [0.1, 0.15) is 0 Å². The van der Waals surface area contributed by atoms with E-state index in [1.165, 1.54) is 0 Å². The van der Waals surface area contributed by atoms with Crippen LogP contribution in [0.2, 0.25) is 0 Å². The summed E-state index contributed by atoms with van der Waals surface area (Å²) >= 11 is 5.02. The van der Waals surface area contributed by atoms with E-state index >= 15 is 0 Å². The highest BCUT2D eigenvalue weighted by molar-refractivity contribution is 9.10. The third-order valence-corrected chi connectivity index (χ3v) is 4.24. The molecule has 0 spiro atoms. The predicted octanol–water partition coefficient (Wildman–Crippen LogP) is 3.30. The fourth-order valence-corrected chi connectivity index (χ4v) is 3.29. The van der Waals surface area contributed by atoms with E-state index in [2.05, 4.69) is 31.5 Å². The third kappa shape index (κ3) is 3.43. The molecular weight excluding hydrogens is 350 g/mol. The van der Waals surface area contributed by atoms with Crippen molar-refractivity contribution in [1.82, 2.24) is 20.2 Å². The lowest BCUT2D eigenvalue weighted by molar-refractivity contribution is 0.756. The first-order valence-corrected chi connectivity index (χ1v) is 8.02. The number of para-hydroxylation sites is 1. The number of hydrogen-bond donors (Lipinski definition) is 1. The zero-order valence-corrected chi connectivity index (χ0v) is 13.4. The molecule has 106 valence electrons. The summed E-state index contributed by atoms with van der Waals surface area (Å²) in [6.07, 6.45) is 0. The van der Waals surface area contributed by atoms with Gasteiger partial charge in [0.2, 0.25) is 5.16 Å². The van der Waals surface area contributed by atoms with Crippen LogP contribution in [0.3, 0.4) is 0 Å². The van der Waals surface area contributed by atoms with Gasteiger partial charge in [-0.15, -0.1) is 5.10 Å². The second kappa shape index (κ2) is 6.28. The monoisotopic (exact) mass is 361 g/mol. The number of tetrazole rings is 1. The van der Waals surface area contributed by atoms with Crippen LogP contribution in [-0.4, -0.2) is 20.2 Å². The number of benzene rings is 2. The van der Waals surface area contributed by atoms with Crippen molar-refractivity contribution in [3.8, 4) is 5.69 Å². The van der Waals surface area contributed by atoms with Gasteiger partial charge >= 0.3 is 0 Å². The van der Waals surface area contributed by atoms with Gasteiger partial charge in [-0.2, -0.15) is 4.68 Å². The van der Waals surface area contributed by atoms with Crippen LogP contribution in [0.15, 0.2) is 58.2 Å². The number of anilines is 1. The molecule has 1 heterocycles. The van der Waals surface area contributed by atoms with Gasteiger partial charge in [0.05, 0.1) is 5.69 Å². The Balaban J connectivity index is 1.79. The van der Waals surface area contributed by atoms with E-state index in [4.69, 9.17) is 5.73 Å². The van der Waals surface area contributed by atoms with E-state index in [0.29, 0.717) is 0 Å². The SMILES string of the molecule is Nc1cc(Br)cc(CSc2nnnn2-c2ccccc2)c1. The molecule has 0 aliphatic heterocycles. The van der Waals surface area contributed by atoms with E-state index in [0.717, 1.165) is 32.3 Å². The van der Waals surface area contributed by atoms with Gasteiger partial charge in [-0.25, -0.2) is 0 Å². The molecule has 0 unspecified atom stereocenters. The van der Waals surface area contributed by atoms with Gasteiger partial charge in [0.15, 0.2) is 0 Å². The van der Waals surface area contributed by atoms with E-state index in [9.17, 15) is 0 Å². The molecule has 0 amide bonds. The maximum absolute atomic E-state index is 5.84. The molecule has 1 aromatic heterocycles. The van der Waals surface area contributed by atoms with Crippen molar-refractivity contribution in [1.29, 1.82) is 0 Å². The molecule has 2 N–H and O–H groups in total. The highest BCUT2D eigenvalue weighted by atomic mass is 79.9. The lowest BCUT2D eigenvalue weighted by Crippen LogP contribution is -1.98.